The number of anilines is 1. The van der Waals surface area contributed by atoms with Crippen LogP contribution in [0.5, 0.6) is 5.75 Å². The monoisotopic (exact) mass is 420 g/mol. The average molecular weight is 421 g/mol. The van der Waals surface area contributed by atoms with Crippen LogP contribution in [0.2, 0.25) is 0 Å². The number of benzene rings is 1. The van der Waals surface area contributed by atoms with Gasteiger partial charge >= 0.3 is 0 Å². The molecule has 2 aliphatic heterocycles. The highest BCUT2D eigenvalue weighted by Crippen LogP contribution is 2.37. The van der Waals surface area contributed by atoms with Crippen LogP contribution in [0.4, 0.5) is 5.00 Å². The van der Waals surface area contributed by atoms with Gasteiger partial charge in [0.25, 0.3) is 0 Å². The predicted octanol–water partition coefficient (Wildman–Crippen LogP) is 3.90. The molecule has 5 heterocycles. The molecule has 0 radical (unpaired) electrons. The molecule has 3 aromatic heterocycles. The van der Waals surface area contributed by atoms with Gasteiger partial charge in [0, 0.05) is 49.2 Å². The van der Waals surface area contributed by atoms with E-state index in [1.54, 1.807) is 28.3 Å². The third kappa shape index (κ3) is 2.98. The standard InChI is InChI=1S/C22H24N6OS/c1-27(17-7-15-3-4-16(8-17)25-15)22-9-18-21(30-22)12-28(26-18)19-5-2-13(6-20(19)29)14-10-23-24-11-14/h2,5-6,9-12,15-17,25,29H,3-4,7-8H2,1H3,(H,23,24)/t15-,16+,17-. The summed E-state index contributed by atoms with van der Waals surface area (Å²) in [4.78, 5) is 2.44. The van der Waals surface area contributed by atoms with Crippen molar-refractivity contribution >= 4 is 26.6 Å². The molecule has 8 heteroatoms. The quantitative estimate of drug-likeness (QED) is 0.466. The molecule has 7 nitrogen and oxygen atoms in total. The summed E-state index contributed by atoms with van der Waals surface area (Å²) in [5.41, 5.74) is 3.50. The Hall–Kier alpha value is -2.84. The Balaban J connectivity index is 1.26. The molecule has 2 bridgehead atoms. The summed E-state index contributed by atoms with van der Waals surface area (Å²) >= 11 is 1.77. The lowest BCUT2D eigenvalue weighted by Crippen LogP contribution is -2.46. The Bertz CT molecular complexity index is 1150. The number of phenolic OH excluding ortho intramolecular Hbond substituents is 1. The number of aromatic hydroxyl groups is 1. The van der Waals surface area contributed by atoms with Crippen LogP contribution in [-0.4, -0.2) is 50.3 Å². The first-order valence-electron chi connectivity index (χ1n) is 10.4. The molecule has 0 amide bonds. The molecule has 3 N–H and O–H groups in total. The lowest BCUT2D eigenvalue weighted by atomic mass is 9.99. The lowest BCUT2D eigenvalue weighted by molar-refractivity contribution is 0.355. The fourth-order valence-electron chi connectivity index (χ4n) is 4.94. The second-order valence-electron chi connectivity index (χ2n) is 8.47. The number of aromatic nitrogens is 4. The van der Waals surface area contributed by atoms with Gasteiger partial charge in [-0.05, 0) is 43.4 Å². The molecule has 2 fully saturated rings. The molecule has 1 aromatic carbocycles. The van der Waals surface area contributed by atoms with Crippen molar-refractivity contribution in [1.82, 2.24) is 25.3 Å². The van der Waals surface area contributed by atoms with Crippen molar-refractivity contribution in [2.75, 3.05) is 11.9 Å². The van der Waals surface area contributed by atoms with E-state index in [2.05, 4.69) is 33.5 Å². The zero-order chi connectivity index (χ0) is 20.2. The summed E-state index contributed by atoms with van der Waals surface area (Å²) in [5.74, 6) is 0.200. The van der Waals surface area contributed by atoms with Crippen molar-refractivity contribution in [1.29, 1.82) is 0 Å². The highest BCUT2D eigenvalue weighted by molar-refractivity contribution is 7.22. The van der Waals surface area contributed by atoms with Gasteiger partial charge in [-0.15, -0.1) is 11.3 Å². The van der Waals surface area contributed by atoms with Gasteiger partial charge in [0.2, 0.25) is 0 Å². The number of nitrogens with one attached hydrogen (secondary N) is 2. The average Bonchev–Trinajstić information content (AvgIpc) is 3.51. The molecule has 6 rings (SSSR count). The minimum atomic E-state index is 0.200. The minimum Gasteiger partial charge on any atom is -0.506 e. The Labute approximate surface area is 178 Å². The van der Waals surface area contributed by atoms with Gasteiger partial charge in [0.1, 0.15) is 17.0 Å². The lowest BCUT2D eigenvalue weighted by Gasteiger charge is -2.36. The van der Waals surface area contributed by atoms with Gasteiger partial charge in [0.05, 0.1) is 15.9 Å². The largest absolute Gasteiger partial charge is 0.506 e. The second-order valence-corrected chi connectivity index (χ2v) is 9.53. The van der Waals surface area contributed by atoms with Crippen molar-refractivity contribution in [2.45, 2.75) is 43.8 Å². The van der Waals surface area contributed by atoms with Crippen LogP contribution in [-0.2, 0) is 0 Å². The van der Waals surface area contributed by atoms with Crippen LogP contribution in [0, 0.1) is 0 Å². The van der Waals surface area contributed by atoms with Crippen molar-refractivity contribution in [3.8, 4) is 22.6 Å². The SMILES string of the molecule is CN(c1cc2nn(-c3ccc(-c4cn[nH]c4)cc3O)cc2s1)[C@@H]1C[C@H]2CC[C@@H](C1)N2. The summed E-state index contributed by atoms with van der Waals surface area (Å²) in [6.07, 6.45) is 10.6. The van der Waals surface area contributed by atoms with Gasteiger partial charge in [-0.1, -0.05) is 6.07 Å². The number of H-pyrrole nitrogens is 1. The zero-order valence-corrected chi connectivity index (χ0v) is 17.6. The van der Waals surface area contributed by atoms with E-state index in [1.165, 1.54) is 30.7 Å². The highest BCUT2D eigenvalue weighted by atomic mass is 32.1. The Morgan fingerprint density at radius 2 is 2.00 bits per heavy atom. The summed E-state index contributed by atoms with van der Waals surface area (Å²) in [5, 5.41) is 27.1. The first-order valence-corrected chi connectivity index (χ1v) is 11.3. The number of hydrogen-bond acceptors (Lipinski definition) is 6. The summed E-state index contributed by atoms with van der Waals surface area (Å²) in [6, 6.07) is 9.76. The molecule has 0 saturated carbocycles. The number of rotatable bonds is 4. The second kappa shape index (κ2) is 6.85. The van der Waals surface area contributed by atoms with Crippen molar-refractivity contribution in [3.63, 3.8) is 0 Å². The smallest absolute Gasteiger partial charge is 0.141 e. The zero-order valence-electron chi connectivity index (χ0n) is 16.7. The van der Waals surface area contributed by atoms with E-state index >= 15 is 0 Å². The highest BCUT2D eigenvalue weighted by Gasteiger charge is 2.35. The summed E-state index contributed by atoms with van der Waals surface area (Å²) in [6.45, 7) is 0. The fourth-order valence-corrected chi connectivity index (χ4v) is 5.98. The molecule has 0 spiro atoms. The maximum absolute atomic E-state index is 10.6. The van der Waals surface area contributed by atoms with Gasteiger partial charge in [0.15, 0.2) is 0 Å². The molecule has 4 aromatic rings. The molecule has 154 valence electrons. The normalized spacial score (nSPS) is 23.3. The van der Waals surface area contributed by atoms with Crippen LogP contribution in [0.3, 0.4) is 0 Å². The predicted molar refractivity (Wildman–Crippen MR) is 120 cm³/mol. The molecular weight excluding hydrogens is 396 g/mol. The molecule has 0 aliphatic carbocycles. The van der Waals surface area contributed by atoms with Crippen molar-refractivity contribution in [2.24, 2.45) is 0 Å². The van der Waals surface area contributed by atoms with Crippen LogP contribution >= 0.6 is 11.3 Å². The minimum absolute atomic E-state index is 0.200. The Morgan fingerprint density at radius 3 is 2.70 bits per heavy atom. The Morgan fingerprint density at radius 1 is 1.17 bits per heavy atom. The van der Waals surface area contributed by atoms with Gasteiger partial charge in [-0.25, -0.2) is 4.68 Å². The van der Waals surface area contributed by atoms with Crippen molar-refractivity contribution < 1.29 is 5.11 Å². The third-order valence-corrected chi connectivity index (χ3v) is 7.73. The maximum atomic E-state index is 10.6. The van der Waals surface area contributed by atoms with Gasteiger partial charge < -0.3 is 15.3 Å². The summed E-state index contributed by atoms with van der Waals surface area (Å²) in [7, 11) is 2.22. The number of hydrogen-bond donors (Lipinski definition) is 3. The van der Waals surface area contributed by atoms with E-state index in [0.29, 0.717) is 23.8 Å². The van der Waals surface area contributed by atoms with Crippen LogP contribution in [0.1, 0.15) is 25.7 Å². The van der Waals surface area contributed by atoms with E-state index in [-0.39, 0.29) is 5.75 Å². The molecule has 2 aliphatic rings. The molecule has 2 saturated heterocycles. The van der Waals surface area contributed by atoms with Crippen LogP contribution in [0.25, 0.3) is 27.0 Å². The fraction of sp³-hybridized carbons (Fsp3) is 0.364. The van der Waals surface area contributed by atoms with Crippen LogP contribution in [0.15, 0.2) is 42.9 Å². The third-order valence-electron chi connectivity index (χ3n) is 6.58. The van der Waals surface area contributed by atoms with Crippen LogP contribution < -0.4 is 10.2 Å². The van der Waals surface area contributed by atoms with E-state index in [9.17, 15) is 5.11 Å². The maximum Gasteiger partial charge on any atom is 0.141 e. The van der Waals surface area contributed by atoms with E-state index < -0.39 is 0 Å². The number of thiophene rings is 1. The number of aromatic amines is 1. The van der Waals surface area contributed by atoms with E-state index in [0.717, 1.165) is 21.3 Å². The van der Waals surface area contributed by atoms with Gasteiger partial charge in [-0.2, -0.15) is 10.2 Å². The number of nitrogens with zero attached hydrogens (tertiary/aromatic N) is 4. The molecule has 30 heavy (non-hydrogen) atoms. The number of phenols is 1. The van der Waals surface area contributed by atoms with Gasteiger partial charge in [-0.3, -0.25) is 5.10 Å². The van der Waals surface area contributed by atoms with E-state index in [1.807, 2.05) is 24.5 Å². The number of piperidine rings is 1. The van der Waals surface area contributed by atoms with Crippen molar-refractivity contribution in [3.05, 3.63) is 42.9 Å². The topological polar surface area (TPSA) is 82.0 Å². The summed E-state index contributed by atoms with van der Waals surface area (Å²) < 4.78 is 2.90. The number of fused-ring (bicyclic) bond motifs is 3. The Kier molecular flexibility index (Phi) is 4.10. The first kappa shape index (κ1) is 18.0. The molecule has 3 atom stereocenters. The first-order chi connectivity index (χ1) is 14.6. The molecule has 0 unspecified atom stereocenters. The molecular formula is C22H24N6OS. The van der Waals surface area contributed by atoms with E-state index in [4.69, 9.17) is 5.10 Å².